The number of aromatic amines is 1. The second-order valence-electron chi connectivity index (χ2n) is 3.29. The lowest BCUT2D eigenvalue weighted by Gasteiger charge is -2.13. The van der Waals surface area contributed by atoms with E-state index in [9.17, 15) is 22.8 Å². The van der Waals surface area contributed by atoms with Crippen molar-refractivity contribution in [3.05, 3.63) is 27.5 Å². The number of rotatable bonds is 4. The third-order valence-electron chi connectivity index (χ3n) is 1.92. The molecule has 0 saturated carbocycles. The summed E-state index contributed by atoms with van der Waals surface area (Å²) in [5.41, 5.74) is 3.69. The monoisotopic (exact) mass is 266 g/mol. The molecule has 0 unspecified atom stereocenters. The lowest BCUT2D eigenvalue weighted by Crippen LogP contribution is -2.24. The van der Waals surface area contributed by atoms with Gasteiger partial charge in [-0.2, -0.15) is 0 Å². The maximum absolute atomic E-state index is 12.1. The van der Waals surface area contributed by atoms with Crippen LogP contribution in [0.3, 0.4) is 0 Å². The van der Waals surface area contributed by atoms with Gasteiger partial charge in [-0.15, -0.1) is 13.2 Å². The predicted octanol–water partition coefficient (Wildman–Crippen LogP) is 0.359. The summed E-state index contributed by atoms with van der Waals surface area (Å²) in [5.74, 6) is -2.40. The van der Waals surface area contributed by atoms with E-state index in [2.05, 4.69) is 9.72 Å². The van der Waals surface area contributed by atoms with E-state index in [1.54, 1.807) is 0 Å². The Morgan fingerprint density at radius 2 is 2.11 bits per heavy atom. The van der Waals surface area contributed by atoms with Crippen molar-refractivity contribution in [1.82, 2.24) is 4.98 Å². The van der Waals surface area contributed by atoms with Crippen LogP contribution in [0.25, 0.3) is 0 Å². The molecule has 0 aromatic carbocycles. The molecule has 1 heterocycles. The van der Waals surface area contributed by atoms with Crippen LogP contribution in [0, 0.1) is 0 Å². The first kappa shape index (κ1) is 14.0. The third-order valence-corrected chi connectivity index (χ3v) is 1.92. The molecule has 18 heavy (non-hydrogen) atoms. The highest BCUT2D eigenvalue weighted by Gasteiger charge is 2.33. The molecule has 0 spiro atoms. The summed E-state index contributed by atoms with van der Waals surface area (Å²) in [6.07, 6.45) is -5.92. The van der Waals surface area contributed by atoms with Crippen LogP contribution in [0.5, 0.6) is 5.88 Å². The summed E-state index contributed by atoms with van der Waals surface area (Å²) in [7, 11) is 0. The summed E-state index contributed by atoms with van der Waals surface area (Å²) in [4.78, 5) is 24.1. The fourth-order valence-electron chi connectivity index (χ4n) is 1.25. The fourth-order valence-corrected chi connectivity index (χ4v) is 1.25. The molecule has 0 radical (unpaired) electrons. The average molecular weight is 266 g/mol. The zero-order chi connectivity index (χ0) is 13.9. The SMILES string of the molecule is NCc1cc(=O)c(CC(=O)O)c(OC(F)(F)F)[nH]1. The standard InChI is InChI=1S/C9H9F3N2O4/c10-9(11,12)18-8-5(2-7(16)17)6(15)1-4(3-13)14-8/h1H,2-3,13H2,(H,14,15)(H,16,17). The smallest absolute Gasteiger partial charge is 0.481 e. The normalized spacial score (nSPS) is 11.3. The molecule has 1 rings (SSSR count). The van der Waals surface area contributed by atoms with Gasteiger partial charge in [-0.3, -0.25) is 9.59 Å². The van der Waals surface area contributed by atoms with Crippen LogP contribution < -0.4 is 15.9 Å². The number of carboxylic acid groups (broad SMARTS) is 1. The van der Waals surface area contributed by atoms with Gasteiger partial charge in [0.2, 0.25) is 5.88 Å². The summed E-state index contributed by atoms with van der Waals surface area (Å²) < 4.78 is 39.9. The minimum absolute atomic E-state index is 0.00777. The second-order valence-corrected chi connectivity index (χ2v) is 3.29. The number of nitrogens with two attached hydrogens (primary N) is 1. The maximum Gasteiger partial charge on any atom is 0.574 e. The van der Waals surface area contributed by atoms with Crippen molar-refractivity contribution in [1.29, 1.82) is 0 Å². The molecule has 9 heteroatoms. The van der Waals surface area contributed by atoms with Crippen LogP contribution in [-0.2, 0) is 17.8 Å². The predicted molar refractivity (Wildman–Crippen MR) is 53.0 cm³/mol. The number of nitrogens with one attached hydrogen (secondary N) is 1. The number of H-pyrrole nitrogens is 1. The van der Waals surface area contributed by atoms with E-state index < -0.39 is 35.6 Å². The van der Waals surface area contributed by atoms with E-state index in [4.69, 9.17) is 10.8 Å². The lowest BCUT2D eigenvalue weighted by atomic mass is 10.1. The van der Waals surface area contributed by atoms with Gasteiger partial charge in [-0.1, -0.05) is 0 Å². The van der Waals surface area contributed by atoms with Gasteiger partial charge in [0.15, 0.2) is 5.43 Å². The zero-order valence-corrected chi connectivity index (χ0v) is 8.87. The van der Waals surface area contributed by atoms with E-state index in [-0.39, 0.29) is 12.2 Å². The minimum atomic E-state index is -5.04. The van der Waals surface area contributed by atoms with Gasteiger partial charge in [-0.05, 0) is 0 Å². The molecule has 0 fully saturated rings. The van der Waals surface area contributed by atoms with Crippen molar-refractivity contribution in [3.63, 3.8) is 0 Å². The van der Waals surface area contributed by atoms with E-state index in [1.165, 1.54) is 0 Å². The van der Waals surface area contributed by atoms with Crippen molar-refractivity contribution >= 4 is 5.97 Å². The average Bonchev–Trinajstić information content (AvgIpc) is 2.20. The topological polar surface area (TPSA) is 105 Å². The molecule has 6 nitrogen and oxygen atoms in total. The highest BCUT2D eigenvalue weighted by atomic mass is 19.4. The van der Waals surface area contributed by atoms with Gasteiger partial charge < -0.3 is 20.6 Å². The van der Waals surface area contributed by atoms with Crippen LogP contribution >= 0.6 is 0 Å². The number of alkyl halides is 3. The van der Waals surface area contributed by atoms with E-state index in [1.807, 2.05) is 0 Å². The van der Waals surface area contributed by atoms with Crippen LogP contribution in [0.1, 0.15) is 11.3 Å². The maximum atomic E-state index is 12.1. The molecule has 1 aromatic rings. The Balaban J connectivity index is 3.29. The molecule has 0 atom stereocenters. The molecule has 0 aliphatic carbocycles. The first-order valence-electron chi connectivity index (χ1n) is 4.65. The number of hydrogen-bond acceptors (Lipinski definition) is 4. The van der Waals surface area contributed by atoms with Gasteiger partial charge in [-0.25, -0.2) is 0 Å². The Labute approximate surface area is 98.2 Å². The van der Waals surface area contributed by atoms with Crippen molar-refractivity contribution < 1.29 is 27.8 Å². The van der Waals surface area contributed by atoms with Gasteiger partial charge in [0.1, 0.15) is 0 Å². The molecule has 0 aliphatic rings. The number of ether oxygens (including phenoxy) is 1. The molecule has 0 amide bonds. The van der Waals surface area contributed by atoms with Gasteiger partial charge in [0.05, 0.1) is 12.0 Å². The Hall–Kier alpha value is -2.03. The van der Waals surface area contributed by atoms with Gasteiger partial charge >= 0.3 is 12.3 Å². The fraction of sp³-hybridized carbons (Fsp3) is 0.333. The van der Waals surface area contributed by atoms with Crippen LogP contribution in [0.4, 0.5) is 13.2 Å². The number of aliphatic carboxylic acids is 1. The quantitative estimate of drug-likeness (QED) is 0.729. The Bertz CT molecular complexity index is 510. The summed E-state index contributed by atoms with van der Waals surface area (Å²) in [5, 5.41) is 8.53. The molecule has 1 aromatic heterocycles. The Morgan fingerprint density at radius 1 is 1.50 bits per heavy atom. The van der Waals surface area contributed by atoms with Gasteiger partial charge in [0, 0.05) is 18.3 Å². The lowest BCUT2D eigenvalue weighted by molar-refractivity contribution is -0.276. The van der Waals surface area contributed by atoms with Crippen molar-refractivity contribution in [2.24, 2.45) is 5.73 Å². The Kier molecular flexibility index (Phi) is 3.96. The Morgan fingerprint density at radius 3 is 2.56 bits per heavy atom. The van der Waals surface area contributed by atoms with Crippen molar-refractivity contribution in [3.8, 4) is 5.88 Å². The number of carboxylic acids is 1. The molecule has 0 saturated heterocycles. The molecule has 100 valence electrons. The highest BCUT2D eigenvalue weighted by molar-refractivity contribution is 5.71. The third kappa shape index (κ3) is 3.77. The first-order chi connectivity index (χ1) is 8.23. The largest absolute Gasteiger partial charge is 0.574 e. The van der Waals surface area contributed by atoms with E-state index in [0.29, 0.717) is 0 Å². The van der Waals surface area contributed by atoms with E-state index in [0.717, 1.165) is 6.07 Å². The van der Waals surface area contributed by atoms with E-state index >= 15 is 0 Å². The first-order valence-corrected chi connectivity index (χ1v) is 4.65. The number of carbonyl (C=O) groups is 1. The number of hydrogen-bond donors (Lipinski definition) is 3. The molecule has 4 N–H and O–H groups in total. The highest BCUT2D eigenvalue weighted by Crippen LogP contribution is 2.23. The number of aromatic nitrogens is 1. The summed E-state index contributed by atoms with van der Waals surface area (Å²) in [6.45, 7) is -0.211. The van der Waals surface area contributed by atoms with Crippen molar-refractivity contribution in [2.75, 3.05) is 0 Å². The van der Waals surface area contributed by atoms with Crippen LogP contribution in [-0.4, -0.2) is 22.4 Å². The summed E-state index contributed by atoms with van der Waals surface area (Å²) in [6, 6.07) is 0.932. The van der Waals surface area contributed by atoms with Gasteiger partial charge in [0.25, 0.3) is 0 Å². The van der Waals surface area contributed by atoms with Crippen LogP contribution in [0.2, 0.25) is 0 Å². The summed E-state index contributed by atoms with van der Waals surface area (Å²) >= 11 is 0. The molecule has 0 aliphatic heterocycles. The van der Waals surface area contributed by atoms with Crippen molar-refractivity contribution in [2.45, 2.75) is 19.3 Å². The number of halogens is 3. The molecular weight excluding hydrogens is 257 g/mol. The minimum Gasteiger partial charge on any atom is -0.481 e. The molecular formula is C9H9F3N2O4. The molecule has 0 bridgehead atoms. The zero-order valence-electron chi connectivity index (χ0n) is 8.87. The number of pyridine rings is 1. The van der Waals surface area contributed by atoms with Crippen LogP contribution in [0.15, 0.2) is 10.9 Å². The second kappa shape index (κ2) is 5.08.